The second-order valence-electron chi connectivity index (χ2n) is 2.70. The van der Waals surface area contributed by atoms with Crippen molar-refractivity contribution in [3.63, 3.8) is 0 Å². The molecule has 0 saturated heterocycles. The van der Waals surface area contributed by atoms with Gasteiger partial charge in [-0.05, 0) is 13.8 Å². The molecule has 0 aliphatic heterocycles. The van der Waals surface area contributed by atoms with Crippen LogP contribution in [0.1, 0.15) is 13.8 Å². The lowest BCUT2D eigenvalue weighted by Crippen LogP contribution is -2.38. The van der Waals surface area contributed by atoms with Gasteiger partial charge in [-0.15, -0.1) is 0 Å². The third-order valence-corrected chi connectivity index (χ3v) is 3.32. The van der Waals surface area contributed by atoms with Gasteiger partial charge in [0.15, 0.2) is 0 Å². The first kappa shape index (κ1) is 12.1. The van der Waals surface area contributed by atoms with Crippen LogP contribution in [0.4, 0.5) is 0 Å². The van der Waals surface area contributed by atoms with Crippen molar-refractivity contribution >= 4 is 49.1 Å². The molecule has 68 valence electrons. The zero-order chi connectivity index (χ0) is 9.28. The van der Waals surface area contributed by atoms with E-state index in [1.165, 1.54) is 16.0 Å². The maximum absolute atomic E-state index is 10.7. The van der Waals surface area contributed by atoms with Crippen LogP contribution in [0.15, 0.2) is 0 Å². The van der Waals surface area contributed by atoms with Crippen molar-refractivity contribution < 1.29 is 13.0 Å². The standard InChI is InChI=1S/C4H9BrINO3S/c1-4(2,3-7(5)6)11(8,9)10/h3H2,1-2H3,(H,8,9,10). The molecular weight excluding hydrogens is 349 g/mol. The Morgan fingerprint density at radius 2 is 2.00 bits per heavy atom. The van der Waals surface area contributed by atoms with E-state index in [9.17, 15) is 8.42 Å². The van der Waals surface area contributed by atoms with Crippen molar-refractivity contribution in [3.8, 4) is 0 Å². The first-order chi connectivity index (χ1) is 4.67. The summed E-state index contributed by atoms with van der Waals surface area (Å²) in [6, 6.07) is 0. The highest BCUT2D eigenvalue weighted by Gasteiger charge is 2.33. The normalized spacial score (nSPS) is 14.0. The number of hydrogen-bond acceptors (Lipinski definition) is 3. The molecule has 0 aliphatic carbocycles. The second kappa shape index (κ2) is 3.86. The van der Waals surface area contributed by atoms with Gasteiger partial charge >= 0.3 is 0 Å². The predicted octanol–water partition coefficient (Wildman–Crippen LogP) is 1.61. The van der Waals surface area contributed by atoms with Crippen LogP contribution in [0.5, 0.6) is 0 Å². The molecule has 0 radical (unpaired) electrons. The molecule has 0 aromatic rings. The van der Waals surface area contributed by atoms with Crippen LogP contribution in [-0.4, -0.2) is 26.4 Å². The van der Waals surface area contributed by atoms with Crippen LogP contribution >= 0.6 is 39.0 Å². The molecule has 0 atom stereocenters. The Hall–Kier alpha value is 1.08. The van der Waals surface area contributed by atoms with E-state index in [0.29, 0.717) is 0 Å². The summed E-state index contributed by atoms with van der Waals surface area (Å²) in [6.07, 6.45) is 0. The first-order valence-corrected chi connectivity index (χ1v) is 5.84. The quantitative estimate of drug-likeness (QED) is 0.473. The highest BCUT2D eigenvalue weighted by atomic mass is 127. The van der Waals surface area contributed by atoms with E-state index in [1.54, 1.807) is 0 Å². The minimum absolute atomic E-state index is 0.215. The topological polar surface area (TPSA) is 57.6 Å². The van der Waals surface area contributed by atoms with Gasteiger partial charge in [-0.25, -0.2) is 0 Å². The summed E-state index contributed by atoms with van der Waals surface area (Å²) >= 11 is 4.93. The largest absolute Gasteiger partial charge is 0.285 e. The summed E-state index contributed by atoms with van der Waals surface area (Å²) < 4.78 is 30.5. The Kier molecular flexibility index (Phi) is 4.24. The van der Waals surface area contributed by atoms with Crippen molar-refractivity contribution in [3.05, 3.63) is 0 Å². The molecule has 0 spiro atoms. The Labute approximate surface area is 88.9 Å². The molecule has 0 aromatic heterocycles. The summed E-state index contributed by atoms with van der Waals surface area (Å²) in [5.41, 5.74) is 0. The molecule has 0 heterocycles. The molecule has 0 fully saturated rings. The molecule has 0 saturated carbocycles. The van der Waals surface area contributed by atoms with Crippen LogP contribution in [0, 0.1) is 0 Å². The molecule has 4 nitrogen and oxygen atoms in total. The summed E-state index contributed by atoms with van der Waals surface area (Å²) in [5.74, 6) is 0. The minimum Gasteiger partial charge on any atom is -0.285 e. The first-order valence-electron chi connectivity index (χ1n) is 2.73. The van der Waals surface area contributed by atoms with E-state index in [0.717, 1.165) is 0 Å². The fraction of sp³-hybridized carbons (Fsp3) is 1.00. The fourth-order valence-corrected chi connectivity index (χ4v) is 2.54. The molecule has 0 aliphatic rings. The van der Waals surface area contributed by atoms with E-state index in [-0.39, 0.29) is 6.54 Å². The molecule has 0 amide bonds. The monoisotopic (exact) mass is 357 g/mol. The van der Waals surface area contributed by atoms with Crippen molar-refractivity contribution in [1.82, 2.24) is 2.14 Å². The predicted molar refractivity (Wildman–Crippen MR) is 55.3 cm³/mol. The van der Waals surface area contributed by atoms with Gasteiger partial charge in [0.25, 0.3) is 10.1 Å². The molecule has 11 heavy (non-hydrogen) atoms. The van der Waals surface area contributed by atoms with Crippen LogP contribution in [0.2, 0.25) is 0 Å². The lowest BCUT2D eigenvalue weighted by Gasteiger charge is -2.21. The highest BCUT2D eigenvalue weighted by molar-refractivity contribution is 14.1. The number of rotatable bonds is 3. The molecule has 0 aromatic carbocycles. The molecule has 0 bridgehead atoms. The zero-order valence-corrected chi connectivity index (χ0v) is 10.6. The summed E-state index contributed by atoms with van der Waals surface area (Å²) in [4.78, 5) is 0. The van der Waals surface area contributed by atoms with Gasteiger partial charge in [0.1, 0.15) is 4.75 Å². The van der Waals surface area contributed by atoms with E-state index in [2.05, 4.69) is 16.1 Å². The molecular formula is C4H9BrINO3S. The van der Waals surface area contributed by atoms with E-state index >= 15 is 0 Å². The Morgan fingerprint density at radius 1 is 1.64 bits per heavy atom. The Balaban J connectivity index is 4.49. The van der Waals surface area contributed by atoms with Gasteiger partial charge in [-0.1, -0.05) is 0 Å². The van der Waals surface area contributed by atoms with Crippen LogP contribution in [0.25, 0.3) is 0 Å². The highest BCUT2D eigenvalue weighted by Crippen LogP contribution is 2.20. The zero-order valence-electron chi connectivity index (χ0n) is 6.08. The van der Waals surface area contributed by atoms with Gasteiger partial charge in [-0.3, -0.25) is 4.55 Å². The SMILES string of the molecule is CC(C)(CN(Br)I)S(=O)(=O)O. The van der Waals surface area contributed by atoms with Crippen LogP contribution in [0.3, 0.4) is 0 Å². The van der Waals surface area contributed by atoms with Crippen LogP contribution in [-0.2, 0) is 10.1 Å². The number of hydrogen-bond donors (Lipinski definition) is 1. The van der Waals surface area contributed by atoms with Gasteiger partial charge in [-0.2, -0.15) is 10.6 Å². The number of nitrogens with zero attached hydrogens (tertiary/aromatic N) is 1. The van der Waals surface area contributed by atoms with E-state index in [4.69, 9.17) is 4.55 Å². The second-order valence-corrected chi connectivity index (χ2v) is 8.10. The van der Waals surface area contributed by atoms with E-state index in [1.807, 2.05) is 22.9 Å². The van der Waals surface area contributed by atoms with Gasteiger partial charge in [0.05, 0.1) is 0 Å². The maximum Gasteiger partial charge on any atom is 0.271 e. The van der Waals surface area contributed by atoms with Crippen molar-refractivity contribution in [2.75, 3.05) is 6.54 Å². The van der Waals surface area contributed by atoms with Gasteiger partial charge in [0.2, 0.25) is 0 Å². The van der Waals surface area contributed by atoms with Crippen molar-refractivity contribution in [2.45, 2.75) is 18.6 Å². The summed E-state index contributed by atoms with van der Waals surface area (Å²) in [5, 5.41) is 0. The van der Waals surface area contributed by atoms with Gasteiger partial charge < -0.3 is 0 Å². The Morgan fingerprint density at radius 3 is 2.09 bits per heavy atom. The lowest BCUT2D eigenvalue weighted by atomic mass is 10.2. The number of halogens is 2. The summed E-state index contributed by atoms with van der Waals surface area (Å²) in [7, 11) is -3.97. The fourth-order valence-electron chi connectivity index (χ4n) is 0.369. The van der Waals surface area contributed by atoms with Crippen LogP contribution < -0.4 is 0 Å². The molecule has 0 rings (SSSR count). The third kappa shape index (κ3) is 4.02. The molecule has 1 N–H and O–H groups in total. The third-order valence-electron chi connectivity index (χ3n) is 1.20. The van der Waals surface area contributed by atoms with E-state index < -0.39 is 14.9 Å². The summed E-state index contributed by atoms with van der Waals surface area (Å²) in [6.45, 7) is 3.12. The lowest BCUT2D eigenvalue weighted by molar-refractivity contribution is 0.433. The van der Waals surface area contributed by atoms with Crippen molar-refractivity contribution in [2.24, 2.45) is 0 Å². The average molecular weight is 358 g/mol. The maximum atomic E-state index is 10.7. The van der Waals surface area contributed by atoms with Crippen molar-refractivity contribution in [1.29, 1.82) is 0 Å². The minimum atomic E-state index is -3.97. The molecule has 7 heteroatoms. The smallest absolute Gasteiger partial charge is 0.271 e. The Bertz CT molecular complexity index is 225. The molecule has 0 unspecified atom stereocenters. The van der Waals surface area contributed by atoms with Gasteiger partial charge in [0, 0.05) is 45.6 Å². The average Bonchev–Trinajstić information content (AvgIpc) is 1.56.